The minimum absolute atomic E-state index is 0.174. The molecule has 1 aromatic rings. The van der Waals surface area contributed by atoms with Crippen LogP contribution in [0.1, 0.15) is 17.9 Å². The number of rotatable bonds is 1. The van der Waals surface area contributed by atoms with Crippen LogP contribution in [0.15, 0.2) is 18.2 Å². The van der Waals surface area contributed by atoms with Crippen molar-refractivity contribution in [1.82, 2.24) is 0 Å². The normalized spacial score (nSPS) is 25.4. The summed E-state index contributed by atoms with van der Waals surface area (Å²) in [4.78, 5) is 0. The highest BCUT2D eigenvalue weighted by molar-refractivity contribution is 5.28. The van der Waals surface area contributed by atoms with Gasteiger partial charge in [-0.05, 0) is 11.6 Å². The summed E-state index contributed by atoms with van der Waals surface area (Å²) in [5, 5.41) is 0. The summed E-state index contributed by atoms with van der Waals surface area (Å²) in [6, 6.07) is 6.38. The highest BCUT2D eigenvalue weighted by Crippen LogP contribution is 2.55. The molecule has 0 aliphatic heterocycles. The van der Waals surface area contributed by atoms with E-state index in [0.29, 0.717) is 0 Å². The first kappa shape index (κ1) is 7.65. The van der Waals surface area contributed by atoms with E-state index in [1.807, 2.05) is 0 Å². The minimum Gasteiger partial charge on any atom is -0.206 e. The number of alkyl halides is 2. The molecule has 0 bridgehead atoms. The number of hydrogen-bond donors (Lipinski definition) is 0. The molecule has 0 amide bonds. The highest BCUT2D eigenvalue weighted by Gasteiger charge is 2.57. The SMILES string of the molecule is Fc1[c]c(C2CC2(F)F)ccc1. The molecule has 0 nitrogen and oxygen atoms in total. The maximum Gasteiger partial charge on any atom is 0.255 e. The van der Waals surface area contributed by atoms with Crippen molar-refractivity contribution in [2.24, 2.45) is 0 Å². The lowest BCUT2D eigenvalue weighted by Crippen LogP contribution is -1.93. The smallest absolute Gasteiger partial charge is 0.206 e. The predicted molar refractivity (Wildman–Crippen MR) is 37.5 cm³/mol. The Labute approximate surface area is 68.0 Å². The van der Waals surface area contributed by atoms with Gasteiger partial charge >= 0.3 is 0 Å². The molecule has 12 heavy (non-hydrogen) atoms. The molecule has 63 valence electrons. The molecule has 3 heteroatoms. The molecule has 1 aliphatic carbocycles. The van der Waals surface area contributed by atoms with E-state index < -0.39 is 17.7 Å². The molecule has 1 aliphatic rings. The van der Waals surface area contributed by atoms with E-state index in [9.17, 15) is 13.2 Å². The van der Waals surface area contributed by atoms with Crippen LogP contribution in [0.4, 0.5) is 13.2 Å². The standard InChI is InChI=1S/C9H6F3/c10-7-3-1-2-6(4-7)8-5-9(8,11)12/h1-3,8H,5H2. The highest BCUT2D eigenvalue weighted by atomic mass is 19.3. The van der Waals surface area contributed by atoms with Gasteiger partial charge in [-0.3, -0.25) is 0 Å². The van der Waals surface area contributed by atoms with Gasteiger partial charge in [0, 0.05) is 12.5 Å². The summed E-state index contributed by atoms with van der Waals surface area (Å²) in [5.41, 5.74) is 0.278. The fourth-order valence-electron chi connectivity index (χ4n) is 1.21. The number of hydrogen-bond acceptors (Lipinski definition) is 0. The molecule has 1 unspecified atom stereocenters. The fourth-order valence-corrected chi connectivity index (χ4v) is 1.21. The van der Waals surface area contributed by atoms with Crippen LogP contribution < -0.4 is 0 Å². The van der Waals surface area contributed by atoms with Crippen molar-refractivity contribution in [2.75, 3.05) is 0 Å². The van der Waals surface area contributed by atoms with E-state index >= 15 is 0 Å². The van der Waals surface area contributed by atoms with Gasteiger partial charge in [-0.15, -0.1) is 0 Å². The lowest BCUT2D eigenvalue weighted by molar-refractivity contribution is 0.112. The summed E-state index contributed by atoms with van der Waals surface area (Å²) >= 11 is 0. The Bertz CT molecular complexity index is 306. The van der Waals surface area contributed by atoms with Gasteiger partial charge in [-0.1, -0.05) is 12.1 Å². The van der Waals surface area contributed by atoms with Crippen molar-refractivity contribution in [2.45, 2.75) is 18.3 Å². The second kappa shape index (κ2) is 2.25. The summed E-state index contributed by atoms with van der Waals surface area (Å²) in [6.45, 7) is 0. The first-order chi connectivity index (χ1) is 5.59. The third-order valence-electron chi connectivity index (χ3n) is 1.98. The Hall–Kier alpha value is -0.990. The van der Waals surface area contributed by atoms with Crippen LogP contribution in [-0.2, 0) is 0 Å². The predicted octanol–water partition coefficient (Wildman–Crippen LogP) is 2.75. The summed E-state index contributed by atoms with van der Waals surface area (Å²) in [5.74, 6) is -4.02. The third kappa shape index (κ3) is 1.19. The van der Waals surface area contributed by atoms with Crippen LogP contribution in [0.2, 0.25) is 0 Å². The van der Waals surface area contributed by atoms with E-state index in [1.54, 1.807) is 0 Å². The van der Waals surface area contributed by atoms with Crippen molar-refractivity contribution >= 4 is 0 Å². The van der Waals surface area contributed by atoms with Crippen LogP contribution in [0.3, 0.4) is 0 Å². The molecule has 2 rings (SSSR count). The van der Waals surface area contributed by atoms with Gasteiger partial charge < -0.3 is 0 Å². The maximum atomic E-state index is 12.5. The average Bonchev–Trinajstić information content (AvgIpc) is 2.60. The van der Waals surface area contributed by atoms with E-state index in [-0.39, 0.29) is 12.0 Å². The second-order valence-electron chi connectivity index (χ2n) is 2.97. The molecular formula is C9H6F3. The van der Waals surface area contributed by atoms with E-state index in [4.69, 9.17) is 0 Å². The molecule has 0 N–H and O–H groups in total. The number of benzene rings is 1. The summed E-state index contributed by atoms with van der Waals surface area (Å²) in [6.07, 6.45) is -0.174. The van der Waals surface area contributed by atoms with Crippen molar-refractivity contribution in [3.8, 4) is 0 Å². The Morgan fingerprint density at radius 1 is 1.42 bits per heavy atom. The molecule has 1 atom stereocenters. The zero-order valence-corrected chi connectivity index (χ0v) is 6.15. The topological polar surface area (TPSA) is 0 Å². The zero-order chi connectivity index (χ0) is 8.77. The van der Waals surface area contributed by atoms with Crippen LogP contribution in [0.5, 0.6) is 0 Å². The summed E-state index contributed by atoms with van der Waals surface area (Å²) in [7, 11) is 0. The largest absolute Gasteiger partial charge is 0.255 e. The van der Waals surface area contributed by atoms with Crippen molar-refractivity contribution in [3.63, 3.8) is 0 Å². The average molecular weight is 171 g/mol. The fraction of sp³-hybridized carbons (Fsp3) is 0.333. The van der Waals surface area contributed by atoms with Crippen molar-refractivity contribution < 1.29 is 13.2 Å². The van der Waals surface area contributed by atoms with Crippen molar-refractivity contribution in [3.05, 3.63) is 35.6 Å². The Kier molecular flexibility index (Phi) is 1.43. The van der Waals surface area contributed by atoms with Gasteiger partial charge in [0.05, 0.1) is 5.92 Å². The van der Waals surface area contributed by atoms with Gasteiger partial charge in [-0.25, -0.2) is 13.2 Å². The lowest BCUT2D eigenvalue weighted by atomic mass is 10.1. The molecule has 0 heterocycles. The molecule has 1 radical (unpaired) electrons. The van der Waals surface area contributed by atoms with Gasteiger partial charge in [0.1, 0.15) is 5.82 Å². The van der Waals surface area contributed by atoms with E-state index in [1.165, 1.54) is 18.2 Å². The van der Waals surface area contributed by atoms with E-state index in [2.05, 4.69) is 6.07 Å². The Morgan fingerprint density at radius 2 is 2.08 bits per heavy atom. The molecule has 0 spiro atoms. The molecule has 1 aromatic carbocycles. The van der Waals surface area contributed by atoms with Crippen LogP contribution in [0, 0.1) is 11.9 Å². The second-order valence-corrected chi connectivity index (χ2v) is 2.97. The zero-order valence-electron chi connectivity index (χ0n) is 6.15. The number of halogens is 3. The molecule has 1 saturated carbocycles. The molecule has 0 saturated heterocycles. The first-order valence-corrected chi connectivity index (χ1v) is 3.65. The molecule has 0 aromatic heterocycles. The van der Waals surface area contributed by atoms with Gasteiger partial charge in [0.25, 0.3) is 5.92 Å². The van der Waals surface area contributed by atoms with Gasteiger partial charge in [0.15, 0.2) is 0 Å². The van der Waals surface area contributed by atoms with Crippen LogP contribution in [0.25, 0.3) is 0 Å². The maximum absolute atomic E-state index is 12.5. The quantitative estimate of drug-likeness (QED) is 0.609. The monoisotopic (exact) mass is 171 g/mol. The molecule has 1 fully saturated rings. The third-order valence-corrected chi connectivity index (χ3v) is 1.98. The Balaban J connectivity index is 2.26. The van der Waals surface area contributed by atoms with Crippen molar-refractivity contribution in [1.29, 1.82) is 0 Å². The minimum atomic E-state index is -2.63. The summed E-state index contributed by atoms with van der Waals surface area (Å²) < 4.78 is 37.4. The van der Waals surface area contributed by atoms with Gasteiger partial charge in [-0.2, -0.15) is 0 Å². The first-order valence-electron chi connectivity index (χ1n) is 3.65. The van der Waals surface area contributed by atoms with Crippen LogP contribution in [-0.4, -0.2) is 5.92 Å². The van der Waals surface area contributed by atoms with Gasteiger partial charge in [0.2, 0.25) is 0 Å². The lowest BCUT2D eigenvalue weighted by Gasteiger charge is -1.97. The van der Waals surface area contributed by atoms with Crippen LogP contribution >= 0.6 is 0 Å². The van der Waals surface area contributed by atoms with E-state index in [0.717, 1.165) is 0 Å². The molecular weight excluding hydrogens is 165 g/mol. The Morgan fingerprint density at radius 3 is 2.58 bits per heavy atom.